The van der Waals surface area contributed by atoms with Crippen molar-refractivity contribution in [3.8, 4) is 0 Å². The van der Waals surface area contributed by atoms with Crippen LogP contribution in [0.3, 0.4) is 0 Å². The maximum Gasteiger partial charge on any atom is 0.177 e. The van der Waals surface area contributed by atoms with E-state index >= 15 is 0 Å². The molecule has 2 aromatic carbocycles. The molecule has 2 aromatic rings. The van der Waals surface area contributed by atoms with Crippen LogP contribution >= 0.6 is 0 Å². The average molecular weight is 306 g/mol. The Hall–Kier alpha value is -2.13. The normalized spacial score (nSPS) is 25.0. The van der Waals surface area contributed by atoms with Crippen molar-refractivity contribution in [1.82, 2.24) is 4.90 Å². The van der Waals surface area contributed by atoms with E-state index in [2.05, 4.69) is 58.6 Å². The number of rotatable bonds is 4. The number of oxime groups is 1. The van der Waals surface area contributed by atoms with Crippen LogP contribution in [0, 0.1) is 5.92 Å². The van der Waals surface area contributed by atoms with Gasteiger partial charge < -0.3 is 4.84 Å². The van der Waals surface area contributed by atoms with Crippen LogP contribution in [0.2, 0.25) is 0 Å². The SMILES string of the molecule is c1ccc(C(O/N=C2/CN3CCC2CC3)c2ccccc2)cc1. The quantitative estimate of drug-likeness (QED) is 0.801. The van der Waals surface area contributed by atoms with E-state index in [9.17, 15) is 0 Å². The average Bonchev–Trinajstić information content (AvgIpc) is 2.65. The number of fused-ring (bicyclic) bond motifs is 3. The molecule has 0 aliphatic carbocycles. The molecule has 0 N–H and O–H groups in total. The van der Waals surface area contributed by atoms with E-state index in [1.165, 1.54) is 31.6 Å². The zero-order valence-corrected chi connectivity index (χ0v) is 13.3. The van der Waals surface area contributed by atoms with Gasteiger partial charge in [0, 0.05) is 12.5 Å². The Bertz CT molecular complexity index is 621. The van der Waals surface area contributed by atoms with Crippen molar-refractivity contribution in [2.24, 2.45) is 11.1 Å². The second-order valence-electron chi connectivity index (χ2n) is 6.44. The lowest BCUT2D eigenvalue weighted by atomic mass is 9.87. The summed E-state index contributed by atoms with van der Waals surface area (Å²) in [5, 5.41) is 4.59. The number of piperidine rings is 3. The first-order valence-electron chi connectivity index (χ1n) is 8.45. The van der Waals surface area contributed by atoms with Gasteiger partial charge in [0.15, 0.2) is 6.10 Å². The van der Waals surface area contributed by atoms with Gasteiger partial charge in [0.1, 0.15) is 0 Å². The molecule has 3 aliphatic heterocycles. The fourth-order valence-corrected chi connectivity index (χ4v) is 3.58. The molecule has 3 fully saturated rings. The Morgan fingerprint density at radius 2 is 1.43 bits per heavy atom. The summed E-state index contributed by atoms with van der Waals surface area (Å²) in [5.74, 6) is 0.618. The van der Waals surface area contributed by atoms with Crippen molar-refractivity contribution < 1.29 is 4.84 Å². The lowest BCUT2D eigenvalue weighted by Crippen LogP contribution is -2.48. The van der Waals surface area contributed by atoms with Crippen LogP contribution in [0.1, 0.15) is 30.1 Å². The van der Waals surface area contributed by atoms with Gasteiger partial charge in [0.25, 0.3) is 0 Å². The van der Waals surface area contributed by atoms with E-state index in [0.717, 1.165) is 17.7 Å². The Labute approximate surface area is 137 Å². The number of hydrogen-bond acceptors (Lipinski definition) is 3. The minimum absolute atomic E-state index is 0.139. The topological polar surface area (TPSA) is 24.8 Å². The fourth-order valence-electron chi connectivity index (χ4n) is 3.58. The van der Waals surface area contributed by atoms with E-state index in [0.29, 0.717) is 5.92 Å². The van der Waals surface area contributed by atoms with Gasteiger partial charge in [-0.05, 0) is 37.1 Å². The van der Waals surface area contributed by atoms with Crippen molar-refractivity contribution in [2.45, 2.75) is 18.9 Å². The molecule has 0 saturated carbocycles. The van der Waals surface area contributed by atoms with E-state index in [1.54, 1.807) is 0 Å². The monoisotopic (exact) mass is 306 g/mol. The Kier molecular flexibility index (Phi) is 4.12. The van der Waals surface area contributed by atoms with E-state index in [1.807, 2.05) is 12.1 Å². The lowest BCUT2D eigenvalue weighted by molar-refractivity contribution is 0.0799. The van der Waals surface area contributed by atoms with Crippen LogP contribution < -0.4 is 0 Å². The molecule has 5 rings (SSSR count). The molecular weight excluding hydrogens is 284 g/mol. The molecule has 2 bridgehead atoms. The Morgan fingerprint density at radius 1 is 0.870 bits per heavy atom. The molecule has 23 heavy (non-hydrogen) atoms. The van der Waals surface area contributed by atoms with Gasteiger partial charge in [0.2, 0.25) is 0 Å². The van der Waals surface area contributed by atoms with Crippen LogP contribution in [0.5, 0.6) is 0 Å². The third-order valence-electron chi connectivity index (χ3n) is 4.92. The van der Waals surface area contributed by atoms with Gasteiger partial charge in [-0.15, -0.1) is 0 Å². The predicted molar refractivity (Wildman–Crippen MR) is 92.4 cm³/mol. The van der Waals surface area contributed by atoms with Gasteiger partial charge in [-0.1, -0.05) is 65.8 Å². The molecule has 3 nitrogen and oxygen atoms in total. The third-order valence-corrected chi connectivity index (χ3v) is 4.92. The molecule has 3 aliphatic rings. The maximum atomic E-state index is 6.07. The summed E-state index contributed by atoms with van der Waals surface area (Å²) < 4.78 is 0. The first-order chi connectivity index (χ1) is 11.4. The molecule has 0 aromatic heterocycles. The largest absolute Gasteiger partial charge is 0.383 e. The standard InChI is InChI=1S/C20H22N2O/c1-3-7-17(8-4-1)20(18-9-5-2-6-10-18)23-21-19-15-22-13-11-16(19)12-14-22/h1-10,16,20H,11-15H2/b21-19-. The van der Waals surface area contributed by atoms with Crippen LogP contribution in [0.4, 0.5) is 0 Å². The highest BCUT2D eigenvalue weighted by Gasteiger charge is 2.31. The second-order valence-corrected chi connectivity index (χ2v) is 6.44. The maximum absolute atomic E-state index is 6.07. The molecule has 0 atom stereocenters. The molecule has 0 radical (unpaired) electrons. The van der Waals surface area contributed by atoms with Gasteiger partial charge in [-0.2, -0.15) is 0 Å². The molecule has 118 valence electrons. The molecule has 3 saturated heterocycles. The van der Waals surface area contributed by atoms with Gasteiger partial charge in [-0.25, -0.2) is 0 Å². The van der Waals surface area contributed by atoms with Crippen LogP contribution in [-0.2, 0) is 4.84 Å². The summed E-state index contributed by atoms with van der Waals surface area (Å²) in [5.41, 5.74) is 3.51. The molecule has 3 heteroatoms. The summed E-state index contributed by atoms with van der Waals surface area (Å²) >= 11 is 0. The summed E-state index contributed by atoms with van der Waals surface area (Å²) in [6.07, 6.45) is 2.31. The van der Waals surface area contributed by atoms with Crippen LogP contribution in [0.25, 0.3) is 0 Å². The summed E-state index contributed by atoms with van der Waals surface area (Å²) in [7, 11) is 0. The molecule has 0 spiro atoms. The van der Waals surface area contributed by atoms with Crippen molar-refractivity contribution in [3.05, 3.63) is 71.8 Å². The smallest absolute Gasteiger partial charge is 0.177 e. The molecule has 0 unspecified atom stereocenters. The van der Waals surface area contributed by atoms with Crippen molar-refractivity contribution >= 4 is 5.71 Å². The highest BCUT2D eigenvalue weighted by Crippen LogP contribution is 2.29. The summed E-state index contributed by atoms with van der Waals surface area (Å²) in [4.78, 5) is 8.54. The van der Waals surface area contributed by atoms with Crippen LogP contribution in [0.15, 0.2) is 65.8 Å². The second kappa shape index (κ2) is 6.55. The first-order valence-corrected chi connectivity index (χ1v) is 8.45. The third kappa shape index (κ3) is 3.15. The minimum Gasteiger partial charge on any atom is -0.383 e. The van der Waals surface area contributed by atoms with E-state index in [-0.39, 0.29) is 6.10 Å². The van der Waals surface area contributed by atoms with Gasteiger partial charge in [-0.3, -0.25) is 4.90 Å². The summed E-state index contributed by atoms with van der Waals surface area (Å²) in [6.45, 7) is 3.40. The minimum atomic E-state index is -0.139. The molecule has 0 amide bonds. The first kappa shape index (κ1) is 14.5. The predicted octanol–water partition coefficient (Wildman–Crippen LogP) is 3.87. The highest BCUT2D eigenvalue weighted by atomic mass is 16.6. The number of benzene rings is 2. The Morgan fingerprint density at radius 3 is 1.91 bits per heavy atom. The van der Waals surface area contributed by atoms with Gasteiger partial charge >= 0.3 is 0 Å². The van der Waals surface area contributed by atoms with Crippen molar-refractivity contribution in [3.63, 3.8) is 0 Å². The highest BCUT2D eigenvalue weighted by molar-refractivity contribution is 5.89. The molecular formula is C20H22N2O. The lowest BCUT2D eigenvalue weighted by Gasteiger charge is -2.39. The van der Waals surface area contributed by atoms with E-state index in [4.69, 9.17) is 4.84 Å². The Balaban J connectivity index is 1.59. The molecule has 3 heterocycles. The van der Waals surface area contributed by atoms with Gasteiger partial charge in [0.05, 0.1) is 5.71 Å². The number of nitrogens with zero attached hydrogens (tertiary/aromatic N) is 2. The zero-order chi connectivity index (χ0) is 15.5. The zero-order valence-electron chi connectivity index (χ0n) is 13.3. The fraction of sp³-hybridized carbons (Fsp3) is 0.350. The van der Waals surface area contributed by atoms with Crippen LogP contribution in [-0.4, -0.2) is 30.2 Å². The van der Waals surface area contributed by atoms with Crippen molar-refractivity contribution in [2.75, 3.05) is 19.6 Å². The van der Waals surface area contributed by atoms with Crippen molar-refractivity contribution in [1.29, 1.82) is 0 Å². The number of hydrogen-bond donors (Lipinski definition) is 0. The van der Waals surface area contributed by atoms with E-state index < -0.39 is 0 Å². The summed E-state index contributed by atoms with van der Waals surface area (Å²) in [6, 6.07) is 20.7.